The van der Waals surface area contributed by atoms with Gasteiger partial charge in [0.1, 0.15) is 0 Å². The molecule has 1 amide bonds. The van der Waals surface area contributed by atoms with Crippen molar-refractivity contribution in [3.05, 3.63) is 11.4 Å². The maximum absolute atomic E-state index is 11.2. The van der Waals surface area contributed by atoms with E-state index < -0.39 is 6.04 Å². The molecule has 0 saturated heterocycles. The van der Waals surface area contributed by atoms with E-state index in [9.17, 15) is 4.79 Å². The largest absolute Gasteiger partial charge is 0.337 e. The molecule has 62 valence electrons. The lowest BCUT2D eigenvalue weighted by Crippen LogP contribution is -2.36. The number of nitrogens with zero attached hydrogens (tertiary/aromatic N) is 2. The van der Waals surface area contributed by atoms with Crippen molar-refractivity contribution < 1.29 is 4.79 Å². The summed E-state index contributed by atoms with van der Waals surface area (Å²) in [6.45, 7) is 13.5. The summed E-state index contributed by atoms with van der Waals surface area (Å²) in [5.41, 5.74) is 0. The minimum Gasteiger partial charge on any atom is -0.337 e. The van der Waals surface area contributed by atoms with Gasteiger partial charge in [0, 0.05) is 20.0 Å². The van der Waals surface area contributed by atoms with Gasteiger partial charge in [-0.15, -0.1) is 0 Å². The van der Waals surface area contributed by atoms with Crippen molar-refractivity contribution in [2.75, 3.05) is 13.1 Å². The van der Waals surface area contributed by atoms with Crippen molar-refractivity contribution in [3.8, 4) is 0 Å². The average Bonchev–Trinajstić information content (AvgIpc) is 2.05. The number of rotatable bonds is 3. The smallest absolute Gasteiger partial charge is 0.305 e. The maximum atomic E-state index is 11.2. The predicted octanol–water partition coefficient (Wildman–Crippen LogP) is 1.16. The molecule has 0 heterocycles. The van der Waals surface area contributed by atoms with Crippen LogP contribution in [-0.4, -0.2) is 29.9 Å². The van der Waals surface area contributed by atoms with Crippen LogP contribution < -0.4 is 0 Å². The third-order valence-electron chi connectivity index (χ3n) is 1.63. The van der Waals surface area contributed by atoms with Crippen LogP contribution in [0.3, 0.4) is 0 Å². The number of hydrogen-bond acceptors (Lipinski definition) is 1. The maximum Gasteiger partial charge on any atom is 0.305 e. The Morgan fingerprint density at radius 3 is 2.27 bits per heavy atom. The molecule has 0 radical (unpaired) electrons. The number of hydrogen-bond donors (Lipinski definition) is 0. The molecule has 0 spiro atoms. The van der Waals surface area contributed by atoms with E-state index in [0.717, 1.165) is 0 Å². The standard InChI is InChI=1S/C8H14N2O/c1-5-10(6-2)8(11)7(3)9-4/h7H,5-6H2,1-3H3/t7-/m0/s1. The summed E-state index contributed by atoms with van der Waals surface area (Å²) < 4.78 is 0. The highest BCUT2D eigenvalue weighted by atomic mass is 16.2. The number of amides is 1. The minimum atomic E-state index is -0.519. The van der Waals surface area contributed by atoms with Crippen LogP contribution in [0.15, 0.2) is 0 Å². The molecule has 3 nitrogen and oxygen atoms in total. The van der Waals surface area contributed by atoms with Gasteiger partial charge in [-0.2, -0.15) is 0 Å². The van der Waals surface area contributed by atoms with Gasteiger partial charge in [-0.3, -0.25) is 4.79 Å². The highest BCUT2D eigenvalue weighted by molar-refractivity contribution is 5.82. The van der Waals surface area contributed by atoms with Gasteiger partial charge in [0.15, 0.2) is 0 Å². The van der Waals surface area contributed by atoms with E-state index in [-0.39, 0.29) is 5.91 Å². The van der Waals surface area contributed by atoms with Crippen molar-refractivity contribution >= 4 is 5.91 Å². The minimum absolute atomic E-state index is 0.0648. The van der Waals surface area contributed by atoms with E-state index in [4.69, 9.17) is 6.57 Å². The molecule has 0 rings (SSSR count). The third-order valence-corrected chi connectivity index (χ3v) is 1.63. The van der Waals surface area contributed by atoms with Crippen molar-refractivity contribution in [2.24, 2.45) is 0 Å². The molecule has 0 aliphatic rings. The molecule has 0 bridgehead atoms. The van der Waals surface area contributed by atoms with Crippen LogP contribution in [0.2, 0.25) is 0 Å². The lowest BCUT2D eigenvalue weighted by molar-refractivity contribution is -0.130. The predicted molar refractivity (Wildman–Crippen MR) is 44.0 cm³/mol. The Balaban J connectivity index is 4.11. The van der Waals surface area contributed by atoms with Gasteiger partial charge >= 0.3 is 5.91 Å². The molecule has 0 aromatic carbocycles. The molecule has 0 saturated carbocycles. The monoisotopic (exact) mass is 154 g/mol. The van der Waals surface area contributed by atoms with Crippen LogP contribution in [0.1, 0.15) is 20.8 Å². The second-order valence-electron chi connectivity index (χ2n) is 2.32. The lowest BCUT2D eigenvalue weighted by atomic mass is 10.3. The summed E-state index contributed by atoms with van der Waals surface area (Å²) in [5.74, 6) is -0.0648. The van der Waals surface area contributed by atoms with Crippen molar-refractivity contribution in [2.45, 2.75) is 26.8 Å². The van der Waals surface area contributed by atoms with Crippen LogP contribution >= 0.6 is 0 Å². The van der Waals surface area contributed by atoms with Gasteiger partial charge in [-0.25, -0.2) is 6.57 Å². The van der Waals surface area contributed by atoms with E-state index in [1.54, 1.807) is 11.8 Å². The Labute approximate surface area is 67.8 Å². The van der Waals surface area contributed by atoms with E-state index in [1.807, 2.05) is 13.8 Å². The van der Waals surface area contributed by atoms with Crippen LogP contribution in [0.5, 0.6) is 0 Å². The van der Waals surface area contributed by atoms with Gasteiger partial charge < -0.3 is 9.74 Å². The normalized spacial score (nSPS) is 11.8. The summed E-state index contributed by atoms with van der Waals surface area (Å²) in [6.07, 6.45) is 0. The number of carbonyl (C=O) groups is 1. The molecule has 0 aromatic heterocycles. The molecule has 0 aliphatic heterocycles. The van der Waals surface area contributed by atoms with E-state index in [2.05, 4.69) is 4.85 Å². The van der Waals surface area contributed by atoms with Crippen LogP contribution in [0, 0.1) is 6.57 Å². The number of carbonyl (C=O) groups excluding carboxylic acids is 1. The summed E-state index contributed by atoms with van der Waals surface area (Å²) >= 11 is 0. The SMILES string of the molecule is [C-]#[N+][C@@H](C)C(=O)N(CC)CC. The van der Waals surface area contributed by atoms with Gasteiger partial charge in [0.05, 0.1) is 0 Å². The van der Waals surface area contributed by atoms with Crippen LogP contribution in [0.25, 0.3) is 4.85 Å². The Hall–Kier alpha value is -1.04. The zero-order chi connectivity index (χ0) is 8.85. The Morgan fingerprint density at radius 1 is 1.55 bits per heavy atom. The topological polar surface area (TPSA) is 24.7 Å². The first-order valence-electron chi connectivity index (χ1n) is 3.82. The molecule has 11 heavy (non-hydrogen) atoms. The Morgan fingerprint density at radius 2 is 2.00 bits per heavy atom. The fourth-order valence-corrected chi connectivity index (χ4v) is 0.855. The van der Waals surface area contributed by atoms with Crippen molar-refractivity contribution in [1.29, 1.82) is 0 Å². The molecule has 1 atom stereocenters. The molecular formula is C8H14N2O. The van der Waals surface area contributed by atoms with Gasteiger partial charge in [-0.1, -0.05) is 0 Å². The summed E-state index contributed by atoms with van der Waals surface area (Å²) in [4.78, 5) is 16.1. The quantitative estimate of drug-likeness (QED) is 0.560. The highest BCUT2D eigenvalue weighted by Gasteiger charge is 2.21. The first kappa shape index (κ1) is 9.96. The summed E-state index contributed by atoms with van der Waals surface area (Å²) in [7, 11) is 0. The summed E-state index contributed by atoms with van der Waals surface area (Å²) in [5, 5.41) is 0. The fourth-order valence-electron chi connectivity index (χ4n) is 0.855. The molecule has 0 fully saturated rings. The molecule has 0 unspecified atom stereocenters. The Bertz CT molecular complexity index is 167. The van der Waals surface area contributed by atoms with Crippen molar-refractivity contribution in [1.82, 2.24) is 4.90 Å². The highest BCUT2D eigenvalue weighted by Crippen LogP contribution is 1.97. The molecule has 0 aromatic rings. The van der Waals surface area contributed by atoms with E-state index in [0.29, 0.717) is 13.1 Å². The zero-order valence-corrected chi connectivity index (χ0v) is 7.29. The lowest BCUT2D eigenvalue weighted by Gasteiger charge is -2.17. The molecular weight excluding hydrogens is 140 g/mol. The molecule has 0 aliphatic carbocycles. The van der Waals surface area contributed by atoms with Gasteiger partial charge in [-0.05, 0) is 13.8 Å². The van der Waals surface area contributed by atoms with E-state index in [1.165, 1.54) is 0 Å². The number of likely N-dealkylation sites (N-methyl/N-ethyl adjacent to an activating group) is 1. The average molecular weight is 154 g/mol. The first-order chi connectivity index (χ1) is 5.17. The van der Waals surface area contributed by atoms with Gasteiger partial charge in [0.2, 0.25) is 0 Å². The second kappa shape index (κ2) is 4.73. The Kier molecular flexibility index (Phi) is 4.28. The van der Waals surface area contributed by atoms with Crippen LogP contribution in [0.4, 0.5) is 0 Å². The molecule has 3 heteroatoms. The third kappa shape index (κ3) is 2.58. The summed E-state index contributed by atoms with van der Waals surface area (Å²) in [6, 6.07) is -0.519. The van der Waals surface area contributed by atoms with Crippen molar-refractivity contribution in [3.63, 3.8) is 0 Å². The second-order valence-corrected chi connectivity index (χ2v) is 2.32. The first-order valence-corrected chi connectivity index (χ1v) is 3.82. The zero-order valence-electron chi connectivity index (χ0n) is 7.29. The fraction of sp³-hybridized carbons (Fsp3) is 0.750. The van der Waals surface area contributed by atoms with Crippen LogP contribution in [-0.2, 0) is 4.79 Å². The van der Waals surface area contributed by atoms with E-state index >= 15 is 0 Å². The molecule has 0 N–H and O–H groups in total. The van der Waals surface area contributed by atoms with Gasteiger partial charge in [0.25, 0.3) is 6.04 Å².